The van der Waals surface area contributed by atoms with Gasteiger partial charge < -0.3 is 24.4 Å². The summed E-state index contributed by atoms with van der Waals surface area (Å²) >= 11 is 1.48. The second kappa shape index (κ2) is 16.5. The lowest BCUT2D eigenvalue weighted by atomic mass is 9.97. The van der Waals surface area contributed by atoms with Gasteiger partial charge in [-0.2, -0.15) is 0 Å². The smallest absolute Gasteiger partial charge is 0.312 e. The maximum Gasteiger partial charge on any atom is 0.312 e. The first-order valence-corrected chi connectivity index (χ1v) is 23.0. The van der Waals surface area contributed by atoms with Gasteiger partial charge in [0.1, 0.15) is 39.9 Å². The van der Waals surface area contributed by atoms with Gasteiger partial charge in [-0.25, -0.2) is 18.4 Å². The minimum absolute atomic E-state index is 0.0257. The molecule has 1 saturated heterocycles. The second-order valence-corrected chi connectivity index (χ2v) is 20.5. The average Bonchev–Trinajstić information content (AvgIpc) is 4.05. The fourth-order valence-corrected chi connectivity index (χ4v) is 10.1. The summed E-state index contributed by atoms with van der Waals surface area (Å²) in [5, 5.41) is 5.69. The summed E-state index contributed by atoms with van der Waals surface area (Å²) in [7, 11) is -2.31. The molecule has 16 heteroatoms. The van der Waals surface area contributed by atoms with Crippen LogP contribution in [0.3, 0.4) is 0 Å². The van der Waals surface area contributed by atoms with E-state index >= 15 is 0 Å². The number of thiazole rings is 1. The number of carbonyl (C=O) groups excluding carboxylic acids is 4. The molecule has 7 rings (SSSR count). The molecular formula is C43H55N5O9S2. The van der Waals surface area contributed by atoms with Gasteiger partial charge in [-0.3, -0.25) is 23.9 Å². The van der Waals surface area contributed by atoms with Gasteiger partial charge in [0.2, 0.25) is 15.9 Å². The highest BCUT2D eigenvalue weighted by molar-refractivity contribution is 7.91. The van der Waals surface area contributed by atoms with E-state index in [0.717, 1.165) is 24.1 Å². The van der Waals surface area contributed by atoms with Gasteiger partial charge in [-0.15, -0.1) is 11.3 Å². The van der Waals surface area contributed by atoms with Gasteiger partial charge in [0, 0.05) is 34.7 Å². The zero-order valence-electron chi connectivity index (χ0n) is 34.8. The molecule has 0 radical (unpaired) electrons. The number of allylic oxidation sites excluding steroid dienone is 1. The van der Waals surface area contributed by atoms with Crippen molar-refractivity contribution < 1.29 is 41.8 Å². The second-order valence-electron chi connectivity index (χ2n) is 17.7. The number of sulfonamides is 1. The van der Waals surface area contributed by atoms with Gasteiger partial charge in [-0.1, -0.05) is 32.4 Å². The molecule has 318 valence electrons. The molecule has 0 bridgehead atoms. The molecule has 1 unspecified atom stereocenters. The number of amides is 3. The maximum absolute atomic E-state index is 14.7. The predicted octanol–water partition coefficient (Wildman–Crippen LogP) is 6.11. The molecule has 0 spiro atoms. The number of rotatable bonds is 9. The van der Waals surface area contributed by atoms with Crippen molar-refractivity contribution >= 4 is 56.0 Å². The predicted molar refractivity (Wildman–Crippen MR) is 223 cm³/mol. The van der Waals surface area contributed by atoms with Crippen LogP contribution in [0.2, 0.25) is 0 Å². The van der Waals surface area contributed by atoms with Crippen LogP contribution >= 0.6 is 11.3 Å². The summed E-state index contributed by atoms with van der Waals surface area (Å²) < 4.78 is 46.5. The molecule has 2 saturated carbocycles. The molecule has 2 aliphatic heterocycles. The lowest BCUT2D eigenvalue weighted by Crippen LogP contribution is -2.57. The number of ether oxygens (including phenoxy) is 3. The fourth-order valence-electron chi connectivity index (χ4n) is 7.75. The third-order valence-electron chi connectivity index (χ3n) is 11.6. The molecule has 3 amide bonds. The number of aryl methyl sites for hydroxylation is 1. The van der Waals surface area contributed by atoms with Gasteiger partial charge >= 0.3 is 5.97 Å². The van der Waals surface area contributed by atoms with E-state index in [9.17, 15) is 27.6 Å². The van der Waals surface area contributed by atoms with Crippen LogP contribution < -0.4 is 19.5 Å². The van der Waals surface area contributed by atoms with Crippen molar-refractivity contribution in [2.24, 2.45) is 11.3 Å². The monoisotopic (exact) mass is 849 g/mol. The van der Waals surface area contributed by atoms with Crippen LogP contribution in [0.4, 0.5) is 0 Å². The number of fused-ring (bicyclic) bond motifs is 3. The van der Waals surface area contributed by atoms with Gasteiger partial charge in [0.15, 0.2) is 6.10 Å². The number of aromatic nitrogens is 2. The molecule has 3 aromatic rings. The van der Waals surface area contributed by atoms with E-state index in [1.54, 1.807) is 27.9 Å². The van der Waals surface area contributed by atoms with E-state index in [4.69, 9.17) is 24.2 Å². The zero-order chi connectivity index (χ0) is 42.4. The number of pyridine rings is 1. The number of carbonyl (C=O) groups is 4. The summed E-state index contributed by atoms with van der Waals surface area (Å²) in [4.78, 5) is 67.6. The molecule has 2 aromatic heterocycles. The minimum Gasteiger partial charge on any atom is -0.496 e. The third-order valence-corrected chi connectivity index (χ3v) is 14.4. The molecule has 14 nitrogen and oxygen atoms in total. The molecule has 2 N–H and O–H groups in total. The maximum atomic E-state index is 14.7. The van der Waals surface area contributed by atoms with Crippen molar-refractivity contribution in [2.75, 3.05) is 13.7 Å². The Labute approximate surface area is 349 Å². The number of esters is 1. The molecule has 1 aromatic carbocycles. The lowest BCUT2D eigenvalue weighted by molar-refractivity contribution is -0.168. The molecule has 4 aliphatic rings. The van der Waals surface area contributed by atoms with Crippen molar-refractivity contribution in [2.45, 2.75) is 134 Å². The molecule has 2 aliphatic carbocycles. The Hall–Kier alpha value is -4.57. The van der Waals surface area contributed by atoms with Crippen LogP contribution in [-0.4, -0.2) is 89.7 Å². The topological polar surface area (TPSA) is 183 Å². The third kappa shape index (κ3) is 8.98. The Kier molecular flexibility index (Phi) is 11.9. The highest BCUT2D eigenvalue weighted by Crippen LogP contribution is 2.46. The van der Waals surface area contributed by atoms with E-state index in [0.29, 0.717) is 58.8 Å². The van der Waals surface area contributed by atoms with E-state index in [-0.39, 0.29) is 31.7 Å². The number of nitrogens with one attached hydrogen (secondary N) is 2. The van der Waals surface area contributed by atoms with Crippen LogP contribution in [0.5, 0.6) is 11.5 Å². The minimum atomic E-state index is -3.91. The Morgan fingerprint density at radius 2 is 1.83 bits per heavy atom. The van der Waals surface area contributed by atoms with Gasteiger partial charge in [0.05, 0.1) is 35.5 Å². The van der Waals surface area contributed by atoms with Crippen molar-refractivity contribution in [1.82, 2.24) is 24.9 Å². The summed E-state index contributed by atoms with van der Waals surface area (Å²) in [5.41, 5.74) is 0.583. The first kappa shape index (κ1) is 42.6. The van der Waals surface area contributed by atoms with Crippen molar-refractivity contribution in [1.29, 1.82) is 0 Å². The number of benzene rings is 1. The van der Waals surface area contributed by atoms with Gasteiger partial charge in [0.25, 0.3) is 11.8 Å². The van der Waals surface area contributed by atoms with Crippen LogP contribution in [0, 0.1) is 18.3 Å². The molecule has 59 heavy (non-hydrogen) atoms. The lowest BCUT2D eigenvalue weighted by Gasteiger charge is -2.30. The summed E-state index contributed by atoms with van der Waals surface area (Å²) in [6.45, 7) is 11.2. The van der Waals surface area contributed by atoms with Crippen LogP contribution in [0.25, 0.3) is 21.6 Å². The normalized spacial score (nSPS) is 25.9. The molecule has 3 fully saturated rings. The number of nitrogens with zero attached hydrogens (tertiary/aromatic N) is 3. The number of methoxy groups -OCH3 is 1. The van der Waals surface area contributed by atoms with E-state index in [2.05, 4.69) is 23.9 Å². The largest absolute Gasteiger partial charge is 0.496 e. The number of hydrogen-bond acceptors (Lipinski definition) is 12. The molecule has 5 atom stereocenters. The van der Waals surface area contributed by atoms with Crippen molar-refractivity contribution in [3.63, 3.8) is 0 Å². The first-order valence-electron chi connectivity index (χ1n) is 20.6. The Morgan fingerprint density at radius 3 is 2.51 bits per heavy atom. The van der Waals surface area contributed by atoms with Gasteiger partial charge in [-0.05, 0) is 90.7 Å². The van der Waals surface area contributed by atoms with Crippen LogP contribution in [0.15, 0.2) is 35.7 Å². The zero-order valence-corrected chi connectivity index (χ0v) is 36.5. The van der Waals surface area contributed by atoms with Crippen LogP contribution in [0.1, 0.15) is 110 Å². The number of hydrogen-bond donors (Lipinski definition) is 2. The van der Waals surface area contributed by atoms with Crippen molar-refractivity contribution in [3.8, 4) is 22.2 Å². The Morgan fingerprint density at radius 1 is 1.07 bits per heavy atom. The average molecular weight is 850 g/mol. The summed E-state index contributed by atoms with van der Waals surface area (Å²) in [5.74, 6) is -1.59. The van der Waals surface area contributed by atoms with Crippen LogP contribution in [-0.2, 0) is 33.9 Å². The highest BCUT2D eigenvalue weighted by atomic mass is 32.2. The highest BCUT2D eigenvalue weighted by Gasteiger charge is 2.62. The summed E-state index contributed by atoms with van der Waals surface area (Å²) in [6.07, 6.45) is 6.23. The summed E-state index contributed by atoms with van der Waals surface area (Å²) in [6, 6.07) is 4.39. The SMILES string of the molecule is COc1ccc2c(O[C@@H]3C[C@H]4C(=O)N[C@]5(C(=O)NS(=O)(=O)C6CC6)C[C@H]5/C=C\CCCCCC(OC(=O)C(C)(C)C)C(=O)N4C3)cc(-c3nc(C(C)C)cs3)nc2c1C. The molecule has 4 heterocycles. The molecular weight excluding hydrogens is 795 g/mol. The Balaban J connectivity index is 1.25. The van der Waals surface area contributed by atoms with E-state index in [1.807, 2.05) is 42.7 Å². The standard InChI is InChI=1S/C43H55N5O9S2/c1-24(2)31-23-58-38(45-31)30-20-35(29-17-18-33(55-7)25(3)36(29)44-30)56-27-19-32-37(49)46-43(40(51)47-59(53,54)28-15-16-28)21-26(43)13-11-9-8-10-12-14-34(39(50)48(32)22-27)57-41(52)42(4,5)6/h11,13,17-18,20,23-24,26-28,32,34H,8-10,12,14-16,19,21-22H2,1-7H3,(H,46,49)(H,47,51)/b13-11-/t26-,27-,32+,34?,43-/m1/s1. The van der Waals surface area contributed by atoms with E-state index < -0.39 is 74.1 Å². The van der Waals surface area contributed by atoms with E-state index in [1.165, 1.54) is 16.2 Å². The van der Waals surface area contributed by atoms with Crippen molar-refractivity contribution in [3.05, 3.63) is 47.0 Å². The first-order chi connectivity index (χ1) is 27.9. The quantitative estimate of drug-likeness (QED) is 0.187. The Bertz CT molecular complexity index is 2280. The fraction of sp³-hybridized carbons (Fsp3) is 0.581.